The van der Waals surface area contributed by atoms with Gasteiger partial charge in [0.2, 0.25) is 0 Å². The third-order valence-electron chi connectivity index (χ3n) is 3.18. The molecule has 0 spiro atoms. The van der Waals surface area contributed by atoms with E-state index in [1.165, 1.54) is 19.4 Å². The molecule has 2 heteroatoms. The Labute approximate surface area is 75.6 Å². The van der Waals surface area contributed by atoms with Crippen molar-refractivity contribution in [2.24, 2.45) is 11.8 Å². The van der Waals surface area contributed by atoms with Crippen molar-refractivity contribution in [2.75, 3.05) is 26.2 Å². The summed E-state index contributed by atoms with van der Waals surface area (Å²) in [5.74, 6) is 1.29. The molecule has 1 aliphatic heterocycles. The summed E-state index contributed by atoms with van der Waals surface area (Å²) in [4.78, 5) is 2.44. The number of nitrogens with zero attached hydrogens (tertiary/aromatic N) is 1. The Bertz CT molecular complexity index is 127. The number of piperidine rings is 1. The quantitative estimate of drug-likeness (QED) is 0.693. The number of likely N-dealkylation sites (tertiary alicyclic amines) is 1. The van der Waals surface area contributed by atoms with Crippen molar-refractivity contribution < 1.29 is 5.11 Å². The number of hydrogen-bond donors (Lipinski definition) is 1. The Morgan fingerprint density at radius 2 is 2.08 bits per heavy atom. The van der Waals surface area contributed by atoms with Gasteiger partial charge in [-0.05, 0) is 31.3 Å². The fourth-order valence-electron chi connectivity index (χ4n) is 2.19. The molecule has 1 fully saturated rings. The van der Waals surface area contributed by atoms with Crippen LogP contribution in [0, 0.1) is 11.8 Å². The van der Waals surface area contributed by atoms with Crippen molar-refractivity contribution in [3.05, 3.63) is 0 Å². The second kappa shape index (κ2) is 4.83. The van der Waals surface area contributed by atoms with Gasteiger partial charge in [-0.1, -0.05) is 20.3 Å². The van der Waals surface area contributed by atoms with E-state index in [9.17, 15) is 5.11 Å². The molecule has 0 aromatic rings. The van der Waals surface area contributed by atoms with Gasteiger partial charge in [-0.25, -0.2) is 0 Å². The summed E-state index contributed by atoms with van der Waals surface area (Å²) in [5.41, 5.74) is 0. The highest BCUT2D eigenvalue weighted by Gasteiger charge is 2.26. The van der Waals surface area contributed by atoms with Crippen LogP contribution >= 0.6 is 0 Å². The topological polar surface area (TPSA) is 23.5 Å². The average Bonchev–Trinajstić information content (AvgIpc) is 2.16. The molecule has 1 rings (SSSR count). The van der Waals surface area contributed by atoms with Crippen LogP contribution in [-0.2, 0) is 0 Å². The zero-order valence-electron chi connectivity index (χ0n) is 8.29. The van der Waals surface area contributed by atoms with Gasteiger partial charge in [-0.15, -0.1) is 0 Å². The summed E-state index contributed by atoms with van der Waals surface area (Å²) in [7, 11) is 0. The van der Waals surface area contributed by atoms with Crippen molar-refractivity contribution >= 4 is 0 Å². The summed E-state index contributed by atoms with van der Waals surface area (Å²) in [6.45, 7) is 8.26. The summed E-state index contributed by atoms with van der Waals surface area (Å²) in [6.07, 6.45) is 2.50. The lowest BCUT2D eigenvalue weighted by atomic mass is 9.84. The summed E-state index contributed by atoms with van der Waals surface area (Å²) in [6, 6.07) is 0. The lowest BCUT2D eigenvalue weighted by Crippen LogP contribution is -2.41. The van der Waals surface area contributed by atoms with Crippen molar-refractivity contribution in [1.29, 1.82) is 0 Å². The standard InChI is InChI=1S/C10H21NO/c1-3-9-5-6-11(4-2)7-10(9)8-12/h9-10,12H,3-8H2,1-2H3. The highest BCUT2D eigenvalue weighted by Crippen LogP contribution is 2.25. The maximum atomic E-state index is 9.18. The monoisotopic (exact) mass is 171 g/mol. The Morgan fingerprint density at radius 3 is 2.58 bits per heavy atom. The van der Waals surface area contributed by atoms with Crippen LogP contribution in [0.25, 0.3) is 0 Å². The van der Waals surface area contributed by atoms with Crippen LogP contribution in [0.3, 0.4) is 0 Å². The van der Waals surface area contributed by atoms with Crippen molar-refractivity contribution in [2.45, 2.75) is 26.7 Å². The maximum absolute atomic E-state index is 9.18. The minimum atomic E-state index is 0.370. The minimum Gasteiger partial charge on any atom is -0.396 e. The zero-order valence-corrected chi connectivity index (χ0v) is 8.29. The van der Waals surface area contributed by atoms with Crippen molar-refractivity contribution in [3.63, 3.8) is 0 Å². The predicted octanol–water partition coefficient (Wildman–Crippen LogP) is 1.35. The highest BCUT2D eigenvalue weighted by atomic mass is 16.3. The van der Waals surface area contributed by atoms with Gasteiger partial charge in [-0.3, -0.25) is 0 Å². The van der Waals surface area contributed by atoms with Gasteiger partial charge in [-0.2, -0.15) is 0 Å². The van der Waals surface area contributed by atoms with Gasteiger partial charge in [0.25, 0.3) is 0 Å². The van der Waals surface area contributed by atoms with E-state index in [1.54, 1.807) is 0 Å². The molecule has 0 aromatic heterocycles. The van der Waals surface area contributed by atoms with E-state index >= 15 is 0 Å². The largest absolute Gasteiger partial charge is 0.396 e. The second-order valence-electron chi connectivity index (χ2n) is 3.79. The molecule has 0 saturated carbocycles. The molecule has 0 aliphatic carbocycles. The smallest absolute Gasteiger partial charge is 0.0474 e. The summed E-state index contributed by atoms with van der Waals surface area (Å²) < 4.78 is 0. The molecule has 1 heterocycles. The molecule has 2 unspecified atom stereocenters. The van der Waals surface area contributed by atoms with E-state index in [2.05, 4.69) is 18.7 Å². The Morgan fingerprint density at radius 1 is 1.33 bits per heavy atom. The van der Waals surface area contributed by atoms with E-state index in [0.717, 1.165) is 19.0 Å². The highest BCUT2D eigenvalue weighted by molar-refractivity contribution is 4.78. The van der Waals surface area contributed by atoms with Crippen LogP contribution in [0.1, 0.15) is 26.7 Å². The van der Waals surface area contributed by atoms with E-state index < -0.39 is 0 Å². The molecule has 0 radical (unpaired) electrons. The van der Waals surface area contributed by atoms with Gasteiger partial charge in [0, 0.05) is 13.2 Å². The van der Waals surface area contributed by atoms with Crippen molar-refractivity contribution in [3.8, 4) is 0 Å². The molecule has 0 amide bonds. The molecule has 0 bridgehead atoms. The van der Waals surface area contributed by atoms with Gasteiger partial charge in [0.1, 0.15) is 0 Å². The first-order valence-corrected chi connectivity index (χ1v) is 5.15. The lowest BCUT2D eigenvalue weighted by molar-refractivity contribution is 0.0736. The van der Waals surface area contributed by atoms with Crippen LogP contribution in [0.15, 0.2) is 0 Å². The Hall–Kier alpha value is -0.0800. The van der Waals surface area contributed by atoms with E-state index in [0.29, 0.717) is 12.5 Å². The molecule has 72 valence electrons. The number of rotatable bonds is 3. The normalized spacial score (nSPS) is 32.2. The molecular weight excluding hydrogens is 150 g/mol. The van der Waals surface area contributed by atoms with E-state index in [4.69, 9.17) is 0 Å². The first kappa shape index (κ1) is 10.0. The van der Waals surface area contributed by atoms with E-state index in [-0.39, 0.29) is 0 Å². The van der Waals surface area contributed by atoms with Crippen LogP contribution in [-0.4, -0.2) is 36.2 Å². The average molecular weight is 171 g/mol. The molecule has 1 aliphatic rings. The summed E-state index contributed by atoms with van der Waals surface area (Å²) >= 11 is 0. The fourth-order valence-corrected chi connectivity index (χ4v) is 2.19. The zero-order chi connectivity index (χ0) is 8.97. The van der Waals surface area contributed by atoms with Gasteiger partial charge in [0.15, 0.2) is 0 Å². The molecule has 2 nitrogen and oxygen atoms in total. The van der Waals surface area contributed by atoms with E-state index in [1.807, 2.05) is 0 Å². The first-order chi connectivity index (χ1) is 5.81. The van der Waals surface area contributed by atoms with Crippen molar-refractivity contribution in [1.82, 2.24) is 4.90 Å². The number of aliphatic hydroxyl groups excluding tert-OH is 1. The minimum absolute atomic E-state index is 0.370. The van der Waals surface area contributed by atoms with Gasteiger partial charge >= 0.3 is 0 Å². The van der Waals surface area contributed by atoms with Crippen LogP contribution in [0.2, 0.25) is 0 Å². The maximum Gasteiger partial charge on any atom is 0.0474 e. The van der Waals surface area contributed by atoms with Crippen LogP contribution < -0.4 is 0 Å². The predicted molar refractivity (Wildman–Crippen MR) is 51.1 cm³/mol. The lowest BCUT2D eigenvalue weighted by Gasteiger charge is -2.36. The second-order valence-corrected chi connectivity index (χ2v) is 3.79. The molecule has 1 saturated heterocycles. The van der Waals surface area contributed by atoms with Gasteiger partial charge < -0.3 is 10.0 Å². The molecule has 1 N–H and O–H groups in total. The molecule has 0 aromatic carbocycles. The van der Waals surface area contributed by atoms with Gasteiger partial charge in [0.05, 0.1) is 0 Å². The molecular formula is C10H21NO. The SMILES string of the molecule is CCC1CCN(CC)CC1CO. The summed E-state index contributed by atoms with van der Waals surface area (Å²) in [5, 5.41) is 9.18. The Kier molecular flexibility index (Phi) is 4.02. The first-order valence-electron chi connectivity index (χ1n) is 5.15. The number of hydrogen-bond acceptors (Lipinski definition) is 2. The third kappa shape index (κ3) is 2.20. The number of aliphatic hydroxyl groups is 1. The van der Waals surface area contributed by atoms with Crippen LogP contribution in [0.5, 0.6) is 0 Å². The molecule has 2 atom stereocenters. The Balaban J connectivity index is 2.41. The molecule has 12 heavy (non-hydrogen) atoms. The third-order valence-corrected chi connectivity index (χ3v) is 3.18. The fraction of sp³-hybridized carbons (Fsp3) is 1.00. The van der Waals surface area contributed by atoms with Crippen LogP contribution in [0.4, 0.5) is 0 Å².